The number of carbonyl (C=O) groups excluding carboxylic acids is 1. The lowest BCUT2D eigenvalue weighted by Crippen LogP contribution is -2.24. The monoisotopic (exact) mass is 360 g/mol. The third-order valence-electron chi connectivity index (χ3n) is 4.81. The number of nitrogens with zero attached hydrogens (tertiary/aromatic N) is 5. The number of benzene rings is 1. The normalized spacial score (nSPS) is 17.1. The Labute approximate surface area is 154 Å². The van der Waals surface area contributed by atoms with Gasteiger partial charge in [-0.1, -0.05) is 5.16 Å². The molecule has 8 heteroatoms. The standard InChI is InChI=1S/C19H16N6O2/c26-17-8-14(10-25(17)9-12-3-5-20-6-4-12)19-23-18(24-27-19)13-1-2-15-16(7-13)22-11-21-15/h1-7,11,14H,8-10H2,(H,21,22). The molecule has 0 aliphatic carbocycles. The van der Waals surface area contributed by atoms with Gasteiger partial charge < -0.3 is 14.4 Å². The summed E-state index contributed by atoms with van der Waals surface area (Å²) in [6.07, 6.45) is 5.49. The average Bonchev–Trinajstić information content (AvgIpc) is 3.42. The molecule has 1 aliphatic heterocycles. The summed E-state index contributed by atoms with van der Waals surface area (Å²) in [4.78, 5) is 30.0. The first-order chi connectivity index (χ1) is 13.3. The van der Waals surface area contributed by atoms with Gasteiger partial charge in [0.25, 0.3) is 0 Å². The summed E-state index contributed by atoms with van der Waals surface area (Å²) in [5.74, 6) is 1.02. The molecule has 1 fully saturated rings. The topological polar surface area (TPSA) is 101 Å². The van der Waals surface area contributed by atoms with Crippen molar-refractivity contribution in [3.63, 3.8) is 0 Å². The number of nitrogens with one attached hydrogen (secondary N) is 1. The lowest BCUT2D eigenvalue weighted by atomic mass is 10.1. The van der Waals surface area contributed by atoms with E-state index >= 15 is 0 Å². The minimum Gasteiger partial charge on any atom is -0.345 e. The molecule has 4 aromatic rings. The summed E-state index contributed by atoms with van der Waals surface area (Å²) in [6.45, 7) is 1.14. The summed E-state index contributed by atoms with van der Waals surface area (Å²) in [7, 11) is 0. The Morgan fingerprint density at radius 1 is 1.22 bits per heavy atom. The molecule has 1 atom stereocenters. The van der Waals surface area contributed by atoms with Crippen LogP contribution in [0.5, 0.6) is 0 Å². The smallest absolute Gasteiger partial charge is 0.232 e. The molecule has 5 rings (SSSR count). The zero-order valence-electron chi connectivity index (χ0n) is 14.4. The Balaban J connectivity index is 1.34. The Morgan fingerprint density at radius 2 is 2.11 bits per heavy atom. The lowest BCUT2D eigenvalue weighted by molar-refractivity contribution is -0.128. The van der Waals surface area contributed by atoms with Crippen molar-refractivity contribution >= 4 is 16.9 Å². The fourth-order valence-corrected chi connectivity index (χ4v) is 3.39. The summed E-state index contributed by atoms with van der Waals surface area (Å²) < 4.78 is 5.47. The zero-order chi connectivity index (χ0) is 18.2. The van der Waals surface area contributed by atoms with E-state index in [0.29, 0.717) is 31.2 Å². The van der Waals surface area contributed by atoms with Crippen LogP contribution < -0.4 is 0 Å². The second kappa shape index (κ2) is 6.31. The van der Waals surface area contributed by atoms with Gasteiger partial charge in [-0.25, -0.2) is 4.98 Å². The quantitative estimate of drug-likeness (QED) is 0.600. The SMILES string of the molecule is O=C1CC(c2nc(-c3ccc4nc[nH]c4c3)no2)CN1Cc1ccncc1. The third kappa shape index (κ3) is 2.95. The van der Waals surface area contributed by atoms with Gasteiger partial charge in [0.15, 0.2) is 0 Å². The molecule has 8 nitrogen and oxygen atoms in total. The van der Waals surface area contributed by atoms with Crippen LogP contribution in [-0.2, 0) is 11.3 Å². The maximum absolute atomic E-state index is 12.4. The van der Waals surface area contributed by atoms with Crippen molar-refractivity contribution in [1.29, 1.82) is 0 Å². The third-order valence-corrected chi connectivity index (χ3v) is 4.81. The van der Waals surface area contributed by atoms with E-state index in [1.54, 1.807) is 18.7 Å². The molecule has 4 heterocycles. The van der Waals surface area contributed by atoms with Crippen molar-refractivity contribution in [1.82, 2.24) is 30.0 Å². The highest BCUT2D eigenvalue weighted by molar-refractivity contribution is 5.80. The van der Waals surface area contributed by atoms with Gasteiger partial charge in [-0.2, -0.15) is 4.98 Å². The Kier molecular flexibility index (Phi) is 3.67. The molecule has 1 amide bonds. The molecular weight excluding hydrogens is 344 g/mol. The fourth-order valence-electron chi connectivity index (χ4n) is 3.39. The molecule has 0 bridgehead atoms. The Hall–Kier alpha value is -3.55. The number of fused-ring (bicyclic) bond motifs is 1. The maximum atomic E-state index is 12.4. The molecule has 134 valence electrons. The van der Waals surface area contributed by atoms with Gasteiger partial charge in [0.1, 0.15) is 0 Å². The van der Waals surface area contributed by atoms with Crippen LogP contribution in [0, 0.1) is 0 Å². The molecule has 1 aliphatic rings. The summed E-state index contributed by atoms with van der Waals surface area (Å²) in [5, 5.41) is 4.10. The number of rotatable bonds is 4. The van der Waals surface area contributed by atoms with Crippen LogP contribution in [0.25, 0.3) is 22.4 Å². The number of aromatic nitrogens is 5. The maximum Gasteiger partial charge on any atom is 0.232 e. The van der Waals surface area contributed by atoms with Crippen molar-refractivity contribution in [2.24, 2.45) is 0 Å². The highest BCUT2D eigenvalue weighted by atomic mass is 16.5. The van der Waals surface area contributed by atoms with E-state index in [9.17, 15) is 4.79 Å². The summed E-state index contributed by atoms with van der Waals surface area (Å²) >= 11 is 0. The number of pyridine rings is 1. The number of H-pyrrole nitrogens is 1. The Bertz CT molecular complexity index is 1100. The molecule has 0 spiro atoms. The Morgan fingerprint density at radius 3 is 3.00 bits per heavy atom. The van der Waals surface area contributed by atoms with Gasteiger partial charge in [-0.05, 0) is 35.9 Å². The lowest BCUT2D eigenvalue weighted by Gasteiger charge is -2.15. The molecular formula is C19H16N6O2. The molecule has 0 radical (unpaired) electrons. The van der Waals surface area contributed by atoms with Crippen molar-refractivity contribution < 1.29 is 9.32 Å². The van der Waals surface area contributed by atoms with Gasteiger partial charge in [0.05, 0.1) is 23.3 Å². The molecule has 1 aromatic carbocycles. The van der Waals surface area contributed by atoms with Gasteiger partial charge in [-0.3, -0.25) is 9.78 Å². The van der Waals surface area contributed by atoms with Crippen LogP contribution in [0.4, 0.5) is 0 Å². The first kappa shape index (κ1) is 15.7. The minimum absolute atomic E-state index is 0.0866. The van der Waals surface area contributed by atoms with Crippen molar-refractivity contribution in [2.45, 2.75) is 18.9 Å². The van der Waals surface area contributed by atoms with E-state index in [2.05, 4.69) is 25.1 Å². The number of carbonyl (C=O) groups is 1. The van der Waals surface area contributed by atoms with E-state index in [1.165, 1.54) is 0 Å². The molecule has 1 saturated heterocycles. The molecule has 27 heavy (non-hydrogen) atoms. The fraction of sp³-hybridized carbons (Fsp3) is 0.211. The first-order valence-corrected chi connectivity index (χ1v) is 8.70. The van der Waals surface area contributed by atoms with Gasteiger partial charge >= 0.3 is 0 Å². The number of hydrogen-bond acceptors (Lipinski definition) is 6. The predicted octanol–water partition coefficient (Wildman–Crippen LogP) is 2.52. The van der Waals surface area contributed by atoms with Crippen LogP contribution in [0.3, 0.4) is 0 Å². The van der Waals surface area contributed by atoms with Gasteiger partial charge in [0.2, 0.25) is 17.6 Å². The molecule has 1 unspecified atom stereocenters. The van der Waals surface area contributed by atoms with Crippen LogP contribution in [-0.4, -0.2) is 42.4 Å². The van der Waals surface area contributed by atoms with E-state index in [0.717, 1.165) is 22.2 Å². The first-order valence-electron chi connectivity index (χ1n) is 8.70. The number of hydrogen-bond donors (Lipinski definition) is 1. The van der Waals surface area contributed by atoms with Crippen LogP contribution >= 0.6 is 0 Å². The second-order valence-electron chi connectivity index (χ2n) is 6.62. The van der Waals surface area contributed by atoms with E-state index in [4.69, 9.17) is 4.52 Å². The van der Waals surface area contributed by atoms with Crippen LogP contribution in [0.2, 0.25) is 0 Å². The summed E-state index contributed by atoms with van der Waals surface area (Å²) in [5.41, 5.74) is 3.70. The highest BCUT2D eigenvalue weighted by Gasteiger charge is 2.34. The predicted molar refractivity (Wildman–Crippen MR) is 96.4 cm³/mol. The van der Waals surface area contributed by atoms with Crippen molar-refractivity contribution in [2.75, 3.05) is 6.54 Å². The molecule has 0 saturated carbocycles. The van der Waals surface area contributed by atoms with E-state index in [1.807, 2.05) is 35.2 Å². The van der Waals surface area contributed by atoms with E-state index in [-0.39, 0.29) is 11.8 Å². The van der Waals surface area contributed by atoms with Gasteiger partial charge in [-0.15, -0.1) is 0 Å². The number of amides is 1. The summed E-state index contributed by atoms with van der Waals surface area (Å²) in [6, 6.07) is 9.58. The number of imidazole rings is 1. The largest absolute Gasteiger partial charge is 0.345 e. The molecule has 3 aromatic heterocycles. The number of aromatic amines is 1. The molecule has 1 N–H and O–H groups in total. The van der Waals surface area contributed by atoms with Crippen LogP contribution in [0.1, 0.15) is 23.8 Å². The van der Waals surface area contributed by atoms with Crippen molar-refractivity contribution in [3.8, 4) is 11.4 Å². The van der Waals surface area contributed by atoms with Crippen LogP contribution in [0.15, 0.2) is 53.6 Å². The zero-order valence-corrected chi connectivity index (χ0v) is 14.4. The van der Waals surface area contributed by atoms with Gasteiger partial charge in [0, 0.05) is 37.5 Å². The average molecular weight is 360 g/mol. The number of likely N-dealkylation sites (tertiary alicyclic amines) is 1. The second-order valence-corrected chi connectivity index (χ2v) is 6.62. The minimum atomic E-state index is -0.0866. The van der Waals surface area contributed by atoms with Crippen molar-refractivity contribution in [3.05, 3.63) is 60.5 Å². The van der Waals surface area contributed by atoms with E-state index < -0.39 is 0 Å². The highest BCUT2D eigenvalue weighted by Crippen LogP contribution is 2.30.